The molecular weight excluding hydrogens is 247 g/mol. The van der Waals surface area contributed by atoms with Gasteiger partial charge in [0.15, 0.2) is 0 Å². The Bertz CT molecular complexity index is 351. The molecule has 6 heteroatoms. The second-order valence-corrected chi connectivity index (χ2v) is 3.94. The number of hydrogen-bond acceptors (Lipinski definition) is 3. The topological polar surface area (TPSA) is 41.5 Å². The number of phenolic OH excluding ortho intramolecular Hbond substituents is 1. The minimum atomic E-state index is -4.28. The van der Waals surface area contributed by atoms with E-state index in [1.807, 2.05) is 6.92 Å². The van der Waals surface area contributed by atoms with Crippen molar-refractivity contribution in [1.82, 2.24) is 5.32 Å². The van der Waals surface area contributed by atoms with E-state index in [-0.39, 0.29) is 18.4 Å². The van der Waals surface area contributed by atoms with Crippen molar-refractivity contribution in [2.24, 2.45) is 0 Å². The number of aromatic hydroxyl groups is 1. The van der Waals surface area contributed by atoms with Crippen LogP contribution in [0.25, 0.3) is 0 Å². The molecule has 102 valence electrons. The van der Waals surface area contributed by atoms with Gasteiger partial charge in [-0.15, -0.1) is 0 Å². The predicted molar refractivity (Wildman–Crippen MR) is 61.4 cm³/mol. The van der Waals surface area contributed by atoms with Crippen LogP contribution in [0.1, 0.15) is 18.5 Å². The Kier molecular flexibility index (Phi) is 5.43. The van der Waals surface area contributed by atoms with Gasteiger partial charge in [0.25, 0.3) is 0 Å². The van der Waals surface area contributed by atoms with Crippen molar-refractivity contribution in [1.29, 1.82) is 0 Å². The summed E-state index contributed by atoms with van der Waals surface area (Å²) in [5.41, 5.74) is 0.948. The van der Waals surface area contributed by atoms with Crippen LogP contribution >= 0.6 is 0 Å². The minimum absolute atomic E-state index is 0.00192. The van der Waals surface area contributed by atoms with Gasteiger partial charge in [0.05, 0.1) is 6.61 Å². The van der Waals surface area contributed by atoms with Crippen molar-refractivity contribution in [2.75, 3.05) is 19.8 Å². The van der Waals surface area contributed by atoms with Gasteiger partial charge in [0.2, 0.25) is 0 Å². The highest BCUT2D eigenvalue weighted by molar-refractivity contribution is 5.27. The third-order valence-electron chi connectivity index (χ3n) is 2.36. The summed E-state index contributed by atoms with van der Waals surface area (Å²) in [5, 5.41) is 12.1. The monoisotopic (exact) mass is 263 g/mol. The maximum Gasteiger partial charge on any atom is 0.411 e. The average Bonchev–Trinajstić information content (AvgIpc) is 2.27. The number of halogens is 3. The van der Waals surface area contributed by atoms with Crippen molar-refractivity contribution in [3.63, 3.8) is 0 Å². The van der Waals surface area contributed by atoms with E-state index in [0.29, 0.717) is 6.54 Å². The number of hydrogen-bond donors (Lipinski definition) is 2. The lowest BCUT2D eigenvalue weighted by molar-refractivity contribution is -0.173. The van der Waals surface area contributed by atoms with Crippen LogP contribution in [0.15, 0.2) is 24.3 Å². The average molecular weight is 263 g/mol. The number of benzene rings is 1. The third-order valence-corrected chi connectivity index (χ3v) is 2.36. The summed E-state index contributed by atoms with van der Waals surface area (Å²) < 4.78 is 39.8. The molecular formula is C12H16F3NO2. The van der Waals surface area contributed by atoms with E-state index in [9.17, 15) is 13.2 Å². The van der Waals surface area contributed by atoms with Crippen LogP contribution in [0.5, 0.6) is 5.75 Å². The molecule has 0 heterocycles. The van der Waals surface area contributed by atoms with E-state index in [4.69, 9.17) is 5.11 Å². The first-order valence-electron chi connectivity index (χ1n) is 5.55. The zero-order valence-corrected chi connectivity index (χ0v) is 10.00. The van der Waals surface area contributed by atoms with E-state index in [2.05, 4.69) is 10.1 Å². The molecule has 0 amide bonds. The van der Waals surface area contributed by atoms with Crippen LogP contribution in [0.3, 0.4) is 0 Å². The van der Waals surface area contributed by atoms with Crippen molar-refractivity contribution in [2.45, 2.75) is 19.1 Å². The molecule has 0 aliphatic rings. The van der Waals surface area contributed by atoms with Crippen LogP contribution in [-0.4, -0.2) is 31.0 Å². The Morgan fingerprint density at radius 2 is 1.89 bits per heavy atom. The van der Waals surface area contributed by atoms with Crippen molar-refractivity contribution >= 4 is 0 Å². The van der Waals surface area contributed by atoms with Crippen LogP contribution in [-0.2, 0) is 4.74 Å². The standard InChI is InChI=1S/C12H16F3NO2/c1-9(10-2-4-11(17)5-3-10)16-6-7-18-8-12(13,14)15/h2-5,9,16-17H,6-8H2,1H3. The number of rotatable bonds is 6. The van der Waals surface area contributed by atoms with Gasteiger partial charge in [0.1, 0.15) is 12.4 Å². The highest BCUT2D eigenvalue weighted by Gasteiger charge is 2.27. The van der Waals surface area contributed by atoms with E-state index in [1.54, 1.807) is 24.3 Å². The Morgan fingerprint density at radius 1 is 1.28 bits per heavy atom. The van der Waals surface area contributed by atoms with Gasteiger partial charge in [-0.2, -0.15) is 13.2 Å². The molecule has 1 atom stereocenters. The van der Waals surface area contributed by atoms with Crippen molar-refractivity contribution in [3.8, 4) is 5.75 Å². The van der Waals surface area contributed by atoms with Crippen molar-refractivity contribution in [3.05, 3.63) is 29.8 Å². The molecule has 0 aliphatic heterocycles. The fraction of sp³-hybridized carbons (Fsp3) is 0.500. The van der Waals surface area contributed by atoms with E-state index >= 15 is 0 Å². The summed E-state index contributed by atoms with van der Waals surface area (Å²) in [5.74, 6) is 0.180. The molecule has 1 rings (SSSR count). The first-order valence-corrected chi connectivity index (χ1v) is 5.55. The van der Waals surface area contributed by atoms with Gasteiger partial charge in [-0.05, 0) is 24.6 Å². The van der Waals surface area contributed by atoms with Gasteiger partial charge >= 0.3 is 6.18 Å². The SMILES string of the molecule is CC(NCCOCC(F)(F)F)c1ccc(O)cc1. The molecule has 0 radical (unpaired) electrons. The maximum atomic E-state index is 11.8. The summed E-state index contributed by atoms with van der Waals surface area (Å²) in [4.78, 5) is 0. The van der Waals surface area contributed by atoms with Crippen molar-refractivity contribution < 1.29 is 23.0 Å². The van der Waals surface area contributed by atoms with Gasteiger partial charge in [-0.1, -0.05) is 12.1 Å². The van der Waals surface area contributed by atoms with Gasteiger partial charge in [-0.3, -0.25) is 0 Å². The molecule has 1 unspecified atom stereocenters. The minimum Gasteiger partial charge on any atom is -0.508 e. The molecule has 1 aromatic carbocycles. The molecule has 0 saturated carbocycles. The van der Waals surface area contributed by atoms with E-state index in [0.717, 1.165) is 5.56 Å². The summed E-state index contributed by atoms with van der Waals surface area (Å²) in [6.07, 6.45) is -4.28. The van der Waals surface area contributed by atoms with Gasteiger partial charge < -0.3 is 15.2 Å². The lowest BCUT2D eigenvalue weighted by Crippen LogP contribution is -2.25. The first-order chi connectivity index (χ1) is 8.38. The molecule has 0 bridgehead atoms. The van der Waals surface area contributed by atoms with Crippen LogP contribution in [0, 0.1) is 0 Å². The molecule has 0 fully saturated rings. The predicted octanol–water partition coefficient (Wildman–Crippen LogP) is 2.62. The quantitative estimate of drug-likeness (QED) is 0.775. The fourth-order valence-corrected chi connectivity index (χ4v) is 1.42. The van der Waals surface area contributed by atoms with Gasteiger partial charge in [-0.25, -0.2) is 0 Å². The molecule has 0 aliphatic carbocycles. The van der Waals surface area contributed by atoms with Crippen LogP contribution < -0.4 is 5.32 Å². The van der Waals surface area contributed by atoms with E-state index in [1.165, 1.54) is 0 Å². The highest BCUT2D eigenvalue weighted by atomic mass is 19.4. The molecule has 0 saturated heterocycles. The molecule has 0 spiro atoms. The molecule has 18 heavy (non-hydrogen) atoms. The Labute approximate surface area is 104 Å². The second-order valence-electron chi connectivity index (χ2n) is 3.94. The van der Waals surface area contributed by atoms with Gasteiger partial charge in [0, 0.05) is 12.6 Å². The summed E-state index contributed by atoms with van der Waals surface area (Å²) in [6, 6.07) is 6.62. The number of phenols is 1. The lowest BCUT2D eigenvalue weighted by Gasteiger charge is -2.14. The maximum absolute atomic E-state index is 11.8. The Morgan fingerprint density at radius 3 is 2.44 bits per heavy atom. The zero-order chi connectivity index (χ0) is 13.6. The largest absolute Gasteiger partial charge is 0.508 e. The summed E-state index contributed by atoms with van der Waals surface area (Å²) >= 11 is 0. The molecule has 2 N–H and O–H groups in total. The molecule has 0 aromatic heterocycles. The smallest absolute Gasteiger partial charge is 0.411 e. The second kappa shape index (κ2) is 6.61. The number of ether oxygens (including phenoxy) is 1. The Hall–Kier alpha value is -1.27. The molecule has 3 nitrogen and oxygen atoms in total. The lowest BCUT2D eigenvalue weighted by atomic mass is 10.1. The number of alkyl halides is 3. The summed E-state index contributed by atoms with van der Waals surface area (Å²) in [6.45, 7) is 0.998. The third kappa shape index (κ3) is 5.88. The summed E-state index contributed by atoms with van der Waals surface area (Å²) in [7, 11) is 0. The first kappa shape index (κ1) is 14.8. The fourth-order valence-electron chi connectivity index (χ4n) is 1.42. The number of nitrogens with one attached hydrogen (secondary N) is 1. The highest BCUT2D eigenvalue weighted by Crippen LogP contribution is 2.16. The Balaban J connectivity index is 2.21. The normalized spacial score (nSPS) is 13.6. The van der Waals surface area contributed by atoms with Crippen LogP contribution in [0.2, 0.25) is 0 Å². The zero-order valence-electron chi connectivity index (χ0n) is 10.00. The van der Waals surface area contributed by atoms with Crippen LogP contribution in [0.4, 0.5) is 13.2 Å². The van der Waals surface area contributed by atoms with E-state index < -0.39 is 12.8 Å². The molecule has 1 aromatic rings.